The van der Waals surface area contributed by atoms with Gasteiger partial charge in [0.05, 0.1) is 0 Å². The Bertz CT molecular complexity index is 1060. The minimum Gasteiger partial charge on any atom is -0.484 e. The molecule has 0 saturated heterocycles. The number of halogens is 1. The summed E-state index contributed by atoms with van der Waals surface area (Å²) in [4.78, 5) is 27.8. The van der Waals surface area contributed by atoms with Crippen LogP contribution in [0.2, 0.25) is 5.02 Å². The van der Waals surface area contributed by atoms with E-state index < -0.39 is 6.04 Å². The van der Waals surface area contributed by atoms with Crippen LogP contribution in [0, 0.1) is 6.92 Å². The molecule has 1 atom stereocenters. The fourth-order valence-electron chi connectivity index (χ4n) is 3.49. The van der Waals surface area contributed by atoms with Crippen LogP contribution in [0.4, 0.5) is 0 Å². The molecule has 0 heterocycles. The van der Waals surface area contributed by atoms with Crippen LogP contribution in [-0.2, 0) is 22.6 Å². The van der Waals surface area contributed by atoms with Crippen LogP contribution >= 0.6 is 11.6 Å². The zero-order valence-electron chi connectivity index (χ0n) is 18.3. The summed E-state index contributed by atoms with van der Waals surface area (Å²) in [7, 11) is 1.58. The highest BCUT2D eigenvalue weighted by Crippen LogP contribution is 2.19. The molecule has 166 valence electrons. The van der Waals surface area contributed by atoms with Crippen LogP contribution in [0.3, 0.4) is 0 Å². The highest BCUT2D eigenvalue weighted by Gasteiger charge is 2.30. The third-order valence-corrected chi connectivity index (χ3v) is 5.44. The summed E-state index contributed by atoms with van der Waals surface area (Å²) in [5, 5.41) is 3.28. The second-order valence-corrected chi connectivity index (χ2v) is 7.96. The Kier molecular flexibility index (Phi) is 8.28. The van der Waals surface area contributed by atoms with E-state index in [0.717, 1.165) is 16.7 Å². The van der Waals surface area contributed by atoms with Gasteiger partial charge in [-0.15, -0.1) is 0 Å². The number of hydrogen-bond donors (Lipinski definition) is 1. The van der Waals surface area contributed by atoms with Crippen LogP contribution in [0.5, 0.6) is 5.75 Å². The van der Waals surface area contributed by atoms with Gasteiger partial charge in [-0.2, -0.15) is 0 Å². The predicted octanol–water partition coefficient (Wildman–Crippen LogP) is 4.41. The minimum atomic E-state index is -0.700. The van der Waals surface area contributed by atoms with Gasteiger partial charge in [-0.1, -0.05) is 72.3 Å². The first kappa shape index (κ1) is 23.4. The maximum Gasteiger partial charge on any atom is 0.261 e. The number of nitrogens with zero attached hydrogens (tertiary/aromatic N) is 1. The van der Waals surface area contributed by atoms with Crippen molar-refractivity contribution in [2.45, 2.75) is 25.9 Å². The second-order valence-electron chi connectivity index (χ2n) is 7.53. The van der Waals surface area contributed by atoms with Gasteiger partial charge in [0.25, 0.3) is 5.91 Å². The fraction of sp³-hybridized carbons (Fsp3) is 0.231. The summed E-state index contributed by atoms with van der Waals surface area (Å²) in [5.41, 5.74) is 2.74. The molecule has 0 fully saturated rings. The first-order chi connectivity index (χ1) is 15.5. The molecular weight excluding hydrogens is 424 g/mol. The molecule has 0 aromatic heterocycles. The average molecular weight is 451 g/mol. The van der Waals surface area contributed by atoms with Crippen LogP contribution < -0.4 is 10.1 Å². The molecule has 0 aliphatic heterocycles. The van der Waals surface area contributed by atoms with Gasteiger partial charge < -0.3 is 15.0 Å². The van der Waals surface area contributed by atoms with E-state index in [1.165, 1.54) is 0 Å². The van der Waals surface area contributed by atoms with Gasteiger partial charge in [-0.05, 0) is 41.8 Å². The number of para-hydroxylation sites is 1. The fourth-order valence-corrected chi connectivity index (χ4v) is 3.71. The number of rotatable bonds is 9. The van der Waals surface area contributed by atoms with Gasteiger partial charge in [0.15, 0.2) is 6.61 Å². The Hall–Kier alpha value is -3.31. The Balaban J connectivity index is 1.88. The van der Waals surface area contributed by atoms with Crippen molar-refractivity contribution in [1.29, 1.82) is 0 Å². The number of nitrogens with one attached hydrogen (secondary N) is 1. The molecule has 0 saturated carbocycles. The number of aryl methyl sites for hydroxylation is 1. The smallest absolute Gasteiger partial charge is 0.261 e. The van der Waals surface area contributed by atoms with Crippen molar-refractivity contribution in [2.75, 3.05) is 13.7 Å². The minimum absolute atomic E-state index is 0.173. The first-order valence-corrected chi connectivity index (χ1v) is 10.8. The summed E-state index contributed by atoms with van der Waals surface area (Å²) in [5.74, 6) is 0.126. The quantitative estimate of drug-likeness (QED) is 0.525. The van der Waals surface area contributed by atoms with E-state index in [1.54, 1.807) is 24.1 Å². The number of likely N-dealkylation sites (N-methyl/N-ethyl adjacent to an activating group) is 1. The van der Waals surface area contributed by atoms with Crippen molar-refractivity contribution in [3.8, 4) is 5.75 Å². The van der Waals surface area contributed by atoms with Crippen molar-refractivity contribution in [3.05, 3.63) is 101 Å². The molecule has 3 rings (SSSR count). The summed E-state index contributed by atoms with van der Waals surface area (Å²) in [6, 6.07) is 23.8. The van der Waals surface area contributed by atoms with Crippen LogP contribution in [0.25, 0.3) is 0 Å². The van der Waals surface area contributed by atoms with Crippen molar-refractivity contribution < 1.29 is 14.3 Å². The molecule has 0 unspecified atom stereocenters. The monoisotopic (exact) mass is 450 g/mol. The zero-order chi connectivity index (χ0) is 22.9. The lowest BCUT2D eigenvalue weighted by molar-refractivity contribution is -0.142. The van der Waals surface area contributed by atoms with Crippen molar-refractivity contribution >= 4 is 23.4 Å². The summed E-state index contributed by atoms with van der Waals surface area (Å²) >= 11 is 6.16. The molecule has 2 amide bonds. The molecule has 5 nitrogen and oxygen atoms in total. The predicted molar refractivity (Wildman–Crippen MR) is 127 cm³/mol. The lowest BCUT2D eigenvalue weighted by Crippen LogP contribution is -2.51. The summed E-state index contributed by atoms with van der Waals surface area (Å²) in [6.07, 6.45) is 0.386. The number of hydrogen-bond acceptors (Lipinski definition) is 3. The SMILES string of the molecule is CNC(=O)[C@H](Cc1ccccc1)N(Cc1cccc(Cl)c1)C(=O)COc1ccccc1C. The lowest BCUT2D eigenvalue weighted by atomic mass is 10.0. The van der Waals surface area contributed by atoms with Crippen molar-refractivity contribution in [3.63, 3.8) is 0 Å². The van der Waals surface area contributed by atoms with Crippen molar-refractivity contribution in [1.82, 2.24) is 10.2 Å². The highest BCUT2D eigenvalue weighted by molar-refractivity contribution is 6.30. The Morgan fingerprint density at radius 2 is 1.66 bits per heavy atom. The molecule has 0 aliphatic rings. The van der Waals surface area contributed by atoms with E-state index in [0.29, 0.717) is 17.2 Å². The molecule has 6 heteroatoms. The molecule has 32 heavy (non-hydrogen) atoms. The maximum atomic E-state index is 13.4. The molecule has 0 bridgehead atoms. The molecule has 0 spiro atoms. The number of amides is 2. The van der Waals surface area contributed by atoms with E-state index in [9.17, 15) is 9.59 Å². The normalized spacial score (nSPS) is 11.5. The number of carbonyl (C=O) groups excluding carboxylic acids is 2. The van der Waals surface area contributed by atoms with Gasteiger partial charge in [0.1, 0.15) is 11.8 Å². The van der Waals surface area contributed by atoms with Gasteiger partial charge >= 0.3 is 0 Å². The average Bonchev–Trinajstić information content (AvgIpc) is 2.81. The number of carbonyl (C=O) groups is 2. The first-order valence-electron chi connectivity index (χ1n) is 10.5. The van der Waals surface area contributed by atoms with E-state index in [-0.39, 0.29) is 25.0 Å². The molecule has 0 aliphatic carbocycles. The van der Waals surface area contributed by atoms with Gasteiger partial charge in [0.2, 0.25) is 5.91 Å². The second kappa shape index (κ2) is 11.3. The third-order valence-electron chi connectivity index (χ3n) is 5.20. The Morgan fingerprint density at radius 1 is 0.969 bits per heavy atom. The van der Waals surface area contributed by atoms with Crippen LogP contribution in [0.1, 0.15) is 16.7 Å². The molecule has 1 N–H and O–H groups in total. The lowest BCUT2D eigenvalue weighted by Gasteiger charge is -2.31. The van der Waals surface area contributed by atoms with E-state index in [1.807, 2.05) is 73.7 Å². The summed E-state index contributed by atoms with van der Waals surface area (Å²) < 4.78 is 5.81. The van der Waals surface area contributed by atoms with Gasteiger partial charge in [-0.3, -0.25) is 9.59 Å². The molecule has 0 radical (unpaired) electrons. The Labute approximate surface area is 194 Å². The number of ether oxygens (including phenoxy) is 1. The van der Waals surface area contributed by atoms with Gasteiger partial charge in [-0.25, -0.2) is 0 Å². The topological polar surface area (TPSA) is 58.6 Å². The highest BCUT2D eigenvalue weighted by atomic mass is 35.5. The van der Waals surface area contributed by atoms with E-state index >= 15 is 0 Å². The molecular formula is C26H27ClN2O3. The third kappa shape index (κ3) is 6.34. The van der Waals surface area contributed by atoms with E-state index in [4.69, 9.17) is 16.3 Å². The maximum absolute atomic E-state index is 13.4. The molecule has 3 aromatic carbocycles. The van der Waals surface area contributed by atoms with Crippen molar-refractivity contribution in [2.24, 2.45) is 0 Å². The molecule has 3 aromatic rings. The zero-order valence-corrected chi connectivity index (χ0v) is 19.0. The van der Waals surface area contributed by atoms with Gasteiger partial charge in [0, 0.05) is 25.0 Å². The Morgan fingerprint density at radius 3 is 2.34 bits per heavy atom. The number of benzene rings is 3. The van der Waals surface area contributed by atoms with Crippen LogP contribution in [-0.4, -0.2) is 36.4 Å². The largest absolute Gasteiger partial charge is 0.484 e. The van der Waals surface area contributed by atoms with Crippen LogP contribution in [0.15, 0.2) is 78.9 Å². The standard InChI is InChI=1S/C26H27ClN2O3/c1-19-9-6-7-14-24(19)32-18-25(30)29(17-21-12-8-13-22(27)15-21)23(26(31)28-2)16-20-10-4-3-5-11-20/h3-15,23H,16-18H2,1-2H3,(H,28,31)/t23-/m0/s1. The summed E-state index contributed by atoms with van der Waals surface area (Å²) in [6.45, 7) is 1.99. The van der Waals surface area contributed by atoms with E-state index in [2.05, 4.69) is 5.32 Å².